The highest BCUT2D eigenvalue weighted by Crippen LogP contribution is 1.92. The lowest BCUT2D eigenvalue weighted by Crippen LogP contribution is -2.36. The van der Waals surface area contributed by atoms with Gasteiger partial charge < -0.3 is 10.4 Å². The van der Waals surface area contributed by atoms with Crippen molar-refractivity contribution in [3.63, 3.8) is 0 Å². The van der Waals surface area contributed by atoms with Crippen molar-refractivity contribution >= 4 is 5.91 Å². The molecule has 0 aliphatic rings. The van der Waals surface area contributed by atoms with Crippen molar-refractivity contribution in [1.29, 1.82) is 0 Å². The van der Waals surface area contributed by atoms with E-state index >= 15 is 0 Å². The molecule has 0 aliphatic heterocycles. The number of hydrogen-bond acceptors (Lipinski definition) is 4. The number of aryl methyl sites for hydroxylation is 1. The molecule has 0 bridgehead atoms. The van der Waals surface area contributed by atoms with Crippen LogP contribution in [-0.4, -0.2) is 33.4 Å². The van der Waals surface area contributed by atoms with Gasteiger partial charge in [0.1, 0.15) is 5.69 Å². The number of hydrogen-bond donors (Lipinski definition) is 2. The third-order valence-corrected chi connectivity index (χ3v) is 2.05. The Bertz CT molecular complexity index is 428. The molecule has 6 nitrogen and oxygen atoms in total. The number of aromatic nitrogens is 2. The summed E-state index contributed by atoms with van der Waals surface area (Å²) < 4.78 is 1.21. The van der Waals surface area contributed by atoms with E-state index in [1.165, 1.54) is 16.8 Å². The molecule has 6 heteroatoms. The summed E-state index contributed by atoms with van der Waals surface area (Å²) in [5.74, 6) is -0.399. The molecule has 16 heavy (non-hydrogen) atoms. The quantitative estimate of drug-likeness (QED) is 0.714. The first kappa shape index (κ1) is 12.4. The number of carbonyl (C=O) groups excluding carboxylic acids is 1. The molecule has 0 fully saturated rings. The first-order chi connectivity index (χ1) is 7.58. The second-order valence-electron chi connectivity index (χ2n) is 3.43. The maximum atomic E-state index is 11.6. The molecule has 0 saturated carbocycles. The second kappa shape index (κ2) is 5.41. The van der Waals surface area contributed by atoms with Crippen molar-refractivity contribution < 1.29 is 9.90 Å². The standard InChI is InChI=1S/C10H15N3O3/c1-3-13-9(15)5-4-8(12-13)10(16)11-7(2)6-14/h4-5,7,14H,3,6H2,1-2H3,(H,11,16). The van der Waals surface area contributed by atoms with E-state index in [9.17, 15) is 9.59 Å². The van der Waals surface area contributed by atoms with Gasteiger partial charge in [-0.15, -0.1) is 0 Å². The maximum Gasteiger partial charge on any atom is 0.272 e. The number of nitrogens with zero attached hydrogens (tertiary/aromatic N) is 2. The Balaban J connectivity index is 2.88. The monoisotopic (exact) mass is 225 g/mol. The first-order valence-electron chi connectivity index (χ1n) is 5.08. The number of aliphatic hydroxyl groups is 1. The topological polar surface area (TPSA) is 84.2 Å². The zero-order valence-electron chi connectivity index (χ0n) is 9.30. The minimum absolute atomic E-state index is 0.140. The van der Waals surface area contributed by atoms with E-state index in [4.69, 9.17) is 5.11 Å². The Labute approximate surface area is 92.9 Å². The van der Waals surface area contributed by atoms with Crippen molar-refractivity contribution in [3.05, 3.63) is 28.2 Å². The van der Waals surface area contributed by atoms with Crippen LogP contribution in [0.4, 0.5) is 0 Å². The first-order valence-corrected chi connectivity index (χ1v) is 5.08. The van der Waals surface area contributed by atoms with Gasteiger partial charge in [0.15, 0.2) is 0 Å². The Hall–Kier alpha value is -1.69. The van der Waals surface area contributed by atoms with E-state index < -0.39 is 5.91 Å². The molecule has 0 saturated heterocycles. The number of carbonyl (C=O) groups is 1. The predicted octanol–water partition coefficient (Wildman–Crippen LogP) is -0.626. The van der Waals surface area contributed by atoms with E-state index in [1.54, 1.807) is 13.8 Å². The van der Waals surface area contributed by atoms with Crippen molar-refractivity contribution in [2.45, 2.75) is 26.4 Å². The largest absolute Gasteiger partial charge is 0.394 e. The maximum absolute atomic E-state index is 11.6. The average molecular weight is 225 g/mol. The summed E-state index contributed by atoms with van der Waals surface area (Å²) in [5.41, 5.74) is -0.0731. The fourth-order valence-corrected chi connectivity index (χ4v) is 1.14. The van der Waals surface area contributed by atoms with Crippen LogP contribution in [0, 0.1) is 0 Å². The normalized spacial score (nSPS) is 12.2. The Kier molecular flexibility index (Phi) is 4.19. The van der Waals surface area contributed by atoms with Crippen LogP contribution >= 0.6 is 0 Å². The molecule has 0 spiro atoms. The molecule has 0 aromatic carbocycles. The van der Waals surface area contributed by atoms with Gasteiger partial charge in [-0.25, -0.2) is 4.68 Å². The molecule has 1 rings (SSSR count). The second-order valence-corrected chi connectivity index (χ2v) is 3.43. The molecule has 0 radical (unpaired) electrons. The Morgan fingerprint density at radius 2 is 2.31 bits per heavy atom. The molecule has 88 valence electrons. The van der Waals surface area contributed by atoms with Gasteiger partial charge in [0.2, 0.25) is 0 Å². The van der Waals surface area contributed by atoms with E-state index in [-0.39, 0.29) is 23.9 Å². The average Bonchev–Trinajstić information content (AvgIpc) is 2.29. The fourth-order valence-electron chi connectivity index (χ4n) is 1.14. The van der Waals surface area contributed by atoms with Gasteiger partial charge in [-0.3, -0.25) is 9.59 Å². The van der Waals surface area contributed by atoms with Crippen LogP contribution in [0.2, 0.25) is 0 Å². The van der Waals surface area contributed by atoms with Crippen LogP contribution in [0.15, 0.2) is 16.9 Å². The highest BCUT2D eigenvalue weighted by atomic mass is 16.3. The van der Waals surface area contributed by atoms with E-state index in [0.29, 0.717) is 6.54 Å². The minimum Gasteiger partial charge on any atom is -0.394 e. The number of rotatable bonds is 4. The molecule has 1 heterocycles. The van der Waals surface area contributed by atoms with Gasteiger partial charge in [-0.1, -0.05) is 0 Å². The molecule has 2 N–H and O–H groups in total. The summed E-state index contributed by atoms with van der Waals surface area (Å²) in [6, 6.07) is 2.33. The fraction of sp³-hybridized carbons (Fsp3) is 0.500. The van der Waals surface area contributed by atoms with Crippen molar-refractivity contribution in [1.82, 2.24) is 15.1 Å². The molecule has 0 aliphatic carbocycles. The molecule has 1 atom stereocenters. The lowest BCUT2D eigenvalue weighted by Gasteiger charge is -2.10. The van der Waals surface area contributed by atoms with Crippen molar-refractivity contribution in [3.8, 4) is 0 Å². The summed E-state index contributed by atoms with van der Waals surface area (Å²) >= 11 is 0. The molecular weight excluding hydrogens is 210 g/mol. The van der Waals surface area contributed by atoms with Gasteiger partial charge in [0, 0.05) is 18.7 Å². The smallest absolute Gasteiger partial charge is 0.272 e. The summed E-state index contributed by atoms with van der Waals surface area (Å²) in [5, 5.41) is 15.2. The zero-order chi connectivity index (χ0) is 12.1. The Morgan fingerprint density at radius 3 is 2.88 bits per heavy atom. The van der Waals surface area contributed by atoms with E-state index in [0.717, 1.165) is 0 Å². The van der Waals surface area contributed by atoms with Gasteiger partial charge in [-0.2, -0.15) is 5.10 Å². The number of aliphatic hydroxyl groups excluding tert-OH is 1. The highest BCUT2D eigenvalue weighted by molar-refractivity contribution is 5.92. The summed E-state index contributed by atoms with van der Waals surface area (Å²) in [4.78, 5) is 22.8. The predicted molar refractivity (Wildman–Crippen MR) is 58.2 cm³/mol. The van der Waals surface area contributed by atoms with Crippen LogP contribution in [0.5, 0.6) is 0 Å². The minimum atomic E-state index is -0.399. The highest BCUT2D eigenvalue weighted by Gasteiger charge is 2.11. The molecule has 1 aromatic heterocycles. The number of nitrogens with one attached hydrogen (secondary N) is 1. The number of amides is 1. The van der Waals surface area contributed by atoms with Crippen LogP contribution in [0.25, 0.3) is 0 Å². The van der Waals surface area contributed by atoms with Crippen molar-refractivity contribution in [2.24, 2.45) is 0 Å². The lowest BCUT2D eigenvalue weighted by molar-refractivity contribution is 0.0914. The van der Waals surface area contributed by atoms with Gasteiger partial charge in [-0.05, 0) is 19.9 Å². The third kappa shape index (κ3) is 2.90. The van der Waals surface area contributed by atoms with Crippen LogP contribution in [-0.2, 0) is 6.54 Å². The van der Waals surface area contributed by atoms with Crippen LogP contribution < -0.4 is 10.9 Å². The summed E-state index contributed by atoms with van der Waals surface area (Å²) in [7, 11) is 0. The molecule has 1 amide bonds. The Morgan fingerprint density at radius 1 is 1.62 bits per heavy atom. The van der Waals surface area contributed by atoms with Crippen LogP contribution in [0.3, 0.4) is 0 Å². The SMILES string of the molecule is CCn1nc(C(=O)NC(C)CO)ccc1=O. The third-order valence-electron chi connectivity index (χ3n) is 2.05. The van der Waals surface area contributed by atoms with Gasteiger partial charge in [0.25, 0.3) is 11.5 Å². The lowest BCUT2D eigenvalue weighted by atomic mass is 10.3. The van der Waals surface area contributed by atoms with Gasteiger partial charge >= 0.3 is 0 Å². The van der Waals surface area contributed by atoms with E-state index in [1.807, 2.05) is 0 Å². The van der Waals surface area contributed by atoms with Crippen LogP contribution in [0.1, 0.15) is 24.3 Å². The molecule has 1 unspecified atom stereocenters. The van der Waals surface area contributed by atoms with Crippen molar-refractivity contribution in [2.75, 3.05) is 6.61 Å². The summed E-state index contributed by atoms with van der Waals surface area (Å²) in [6.45, 7) is 3.72. The van der Waals surface area contributed by atoms with Gasteiger partial charge in [0.05, 0.1) is 6.61 Å². The zero-order valence-corrected chi connectivity index (χ0v) is 9.30. The summed E-state index contributed by atoms with van der Waals surface area (Å²) in [6.07, 6.45) is 0. The van der Waals surface area contributed by atoms with E-state index in [2.05, 4.69) is 10.4 Å². The molecule has 1 aromatic rings. The molecular formula is C10H15N3O3.